The SMILES string of the molecule is CC(C)c1ccc(F)c(Br)c1F.CC/C(C)=C/N=C(C)c1cc2c(cc1C)OCCO2. The zero-order valence-corrected chi connectivity index (χ0v) is 20.6. The van der Waals surface area contributed by atoms with Gasteiger partial charge in [-0.25, -0.2) is 8.78 Å². The van der Waals surface area contributed by atoms with E-state index < -0.39 is 11.6 Å². The second-order valence-corrected chi connectivity index (χ2v) is 8.57. The number of ether oxygens (including phenoxy) is 2. The topological polar surface area (TPSA) is 30.8 Å². The highest BCUT2D eigenvalue weighted by Gasteiger charge is 2.15. The van der Waals surface area contributed by atoms with Crippen molar-refractivity contribution in [3.05, 3.63) is 68.8 Å². The van der Waals surface area contributed by atoms with E-state index in [1.165, 1.54) is 17.7 Å². The number of fused-ring (bicyclic) bond motifs is 1. The molecule has 1 heterocycles. The second kappa shape index (κ2) is 11.4. The van der Waals surface area contributed by atoms with Crippen molar-refractivity contribution in [2.24, 2.45) is 4.99 Å². The highest BCUT2D eigenvalue weighted by Crippen LogP contribution is 2.33. The van der Waals surface area contributed by atoms with Crippen molar-refractivity contribution in [1.82, 2.24) is 0 Å². The molecule has 6 heteroatoms. The number of aryl methyl sites for hydroxylation is 1. The summed E-state index contributed by atoms with van der Waals surface area (Å²) in [6.45, 7) is 13.3. The van der Waals surface area contributed by atoms with Crippen LogP contribution in [0.3, 0.4) is 0 Å². The van der Waals surface area contributed by atoms with Crippen LogP contribution in [0.4, 0.5) is 8.78 Å². The minimum absolute atomic E-state index is 0.0712. The first-order chi connectivity index (χ1) is 14.6. The fourth-order valence-corrected chi connectivity index (χ4v) is 3.30. The normalized spacial score (nSPS) is 13.7. The Hall–Kier alpha value is -2.21. The summed E-state index contributed by atoms with van der Waals surface area (Å²) >= 11 is 2.85. The van der Waals surface area contributed by atoms with Crippen LogP contribution in [-0.4, -0.2) is 18.9 Å². The number of nitrogens with zero attached hydrogens (tertiary/aromatic N) is 1. The van der Waals surface area contributed by atoms with Gasteiger partial charge in [0.2, 0.25) is 0 Å². The number of allylic oxidation sites excluding steroid dienone is 1. The maximum Gasteiger partial charge on any atom is 0.162 e. The summed E-state index contributed by atoms with van der Waals surface area (Å²) in [7, 11) is 0. The molecule has 1 aliphatic heterocycles. The lowest BCUT2D eigenvalue weighted by Gasteiger charge is -2.20. The third kappa shape index (κ3) is 6.63. The Balaban J connectivity index is 0.000000245. The molecule has 3 rings (SSSR count). The lowest BCUT2D eigenvalue weighted by molar-refractivity contribution is 0.171. The minimum atomic E-state index is -0.558. The Bertz CT molecular complexity index is 984. The van der Waals surface area contributed by atoms with Crippen molar-refractivity contribution in [3.8, 4) is 11.5 Å². The largest absolute Gasteiger partial charge is 0.486 e. The third-order valence-corrected chi connectivity index (χ3v) is 5.73. The van der Waals surface area contributed by atoms with Gasteiger partial charge in [0.1, 0.15) is 24.8 Å². The number of aliphatic imine (C=N–C) groups is 1. The van der Waals surface area contributed by atoms with E-state index in [1.54, 1.807) is 0 Å². The van der Waals surface area contributed by atoms with E-state index >= 15 is 0 Å². The Morgan fingerprint density at radius 1 is 1.13 bits per heavy atom. The van der Waals surface area contributed by atoms with Gasteiger partial charge in [-0.3, -0.25) is 4.99 Å². The van der Waals surface area contributed by atoms with E-state index in [0.29, 0.717) is 18.8 Å². The highest BCUT2D eigenvalue weighted by atomic mass is 79.9. The van der Waals surface area contributed by atoms with Crippen LogP contribution < -0.4 is 9.47 Å². The predicted octanol–water partition coefficient (Wildman–Crippen LogP) is 7.74. The molecule has 3 nitrogen and oxygen atoms in total. The molecule has 0 saturated carbocycles. The zero-order chi connectivity index (χ0) is 23.1. The Morgan fingerprint density at radius 3 is 2.32 bits per heavy atom. The molecule has 0 radical (unpaired) electrons. The Morgan fingerprint density at radius 2 is 1.74 bits per heavy atom. The van der Waals surface area contributed by atoms with Crippen LogP contribution in [0.5, 0.6) is 11.5 Å². The van der Waals surface area contributed by atoms with Crippen molar-refractivity contribution in [2.75, 3.05) is 13.2 Å². The first-order valence-corrected chi connectivity index (χ1v) is 11.2. The Labute approximate surface area is 192 Å². The summed E-state index contributed by atoms with van der Waals surface area (Å²) in [5.74, 6) is 0.668. The van der Waals surface area contributed by atoms with E-state index in [-0.39, 0.29) is 10.4 Å². The fourth-order valence-electron chi connectivity index (χ4n) is 2.93. The van der Waals surface area contributed by atoms with Crippen molar-refractivity contribution in [2.45, 2.75) is 53.9 Å². The first-order valence-electron chi connectivity index (χ1n) is 10.4. The molecule has 0 atom stereocenters. The quantitative estimate of drug-likeness (QED) is 0.322. The van der Waals surface area contributed by atoms with Gasteiger partial charge in [-0.2, -0.15) is 0 Å². The summed E-state index contributed by atoms with van der Waals surface area (Å²) in [6.07, 6.45) is 2.96. The van der Waals surface area contributed by atoms with Gasteiger partial charge in [0, 0.05) is 17.5 Å². The van der Waals surface area contributed by atoms with Crippen LogP contribution in [-0.2, 0) is 0 Å². The van der Waals surface area contributed by atoms with Crippen molar-refractivity contribution in [3.63, 3.8) is 0 Å². The van der Waals surface area contributed by atoms with E-state index in [2.05, 4.69) is 41.7 Å². The summed E-state index contributed by atoms with van der Waals surface area (Å²) in [5.41, 5.74) is 5.08. The maximum absolute atomic E-state index is 13.2. The molecule has 1 aliphatic rings. The number of rotatable bonds is 4. The molecule has 0 spiro atoms. The number of halogens is 3. The lowest BCUT2D eigenvalue weighted by Crippen LogP contribution is -2.16. The molecule has 31 heavy (non-hydrogen) atoms. The lowest BCUT2D eigenvalue weighted by atomic mass is 10.0. The molecule has 0 unspecified atom stereocenters. The molecule has 168 valence electrons. The van der Waals surface area contributed by atoms with Gasteiger partial charge < -0.3 is 9.47 Å². The van der Waals surface area contributed by atoms with Crippen LogP contribution in [0, 0.1) is 18.6 Å². The number of hydrogen-bond acceptors (Lipinski definition) is 3. The first kappa shape index (κ1) is 25.1. The molecule has 0 aliphatic carbocycles. The van der Waals surface area contributed by atoms with E-state index in [1.807, 2.05) is 39.1 Å². The molecule has 0 fully saturated rings. The van der Waals surface area contributed by atoms with Gasteiger partial charge in [-0.1, -0.05) is 32.4 Å². The molecular weight excluding hydrogens is 464 g/mol. The monoisotopic (exact) mass is 493 g/mol. The summed E-state index contributed by atoms with van der Waals surface area (Å²) in [6, 6.07) is 6.79. The van der Waals surface area contributed by atoms with Crippen LogP contribution in [0.2, 0.25) is 0 Å². The van der Waals surface area contributed by atoms with Crippen LogP contribution >= 0.6 is 15.9 Å². The Kier molecular flexibility index (Phi) is 9.23. The van der Waals surface area contributed by atoms with Gasteiger partial charge in [0.15, 0.2) is 11.5 Å². The van der Waals surface area contributed by atoms with Crippen molar-refractivity contribution < 1.29 is 18.3 Å². The summed E-state index contributed by atoms with van der Waals surface area (Å²) in [5, 5.41) is 0. The third-order valence-electron chi connectivity index (χ3n) is 5.00. The highest BCUT2D eigenvalue weighted by molar-refractivity contribution is 9.10. The standard InChI is InChI=1S/C16H21NO2.C9H9BrF2/c1-5-11(2)10-17-13(4)14-9-16-15(8-12(14)3)18-6-7-19-16;1-5(2)6-3-4-7(11)8(10)9(6)12/h8-10H,5-7H2,1-4H3;3-5H,1-2H3/b11-10+,17-13?;. The van der Waals surface area contributed by atoms with Crippen molar-refractivity contribution >= 4 is 21.6 Å². The predicted molar refractivity (Wildman–Crippen MR) is 127 cm³/mol. The van der Waals surface area contributed by atoms with E-state index in [4.69, 9.17) is 9.47 Å². The van der Waals surface area contributed by atoms with Crippen LogP contribution in [0.15, 0.2) is 45.5 Å². The van der Waals surface area contributed by atoms with Crippen molar-refractivity contribution in [1.29, 1.82) is 0 Å². The van der Waals surface area contributed by atoms with E-state index in [0.717, 1.165) is 34.8 Å². The average molecular weight is 494 g/mol. The second-order valence-electron chi connectivity index (χ2n) is 7.77. The van der Waals surface area contributed by atoms with Crippen LogP contribution in [0.1, 0.15) is 63.6 Å². The van der Waals surface area contributed by atoms with E-state index in [9.17, 15) is 8.78 Å². The van der Waals surface area contributed by atoms with Gasteiger partial charge in [0.05, 0.1) is 4.47 Å². The molecule has 0 amide bonds. The zero-order valence-electron chi connectivity index (χ0n) is 19.0. The smallest absolute Gasteiger partial charge is 0.162 e. The average Bonchev–Trinajstić information content (AvgIpc) is 2.75. The fraction of sp³-hybridized carbons (Fsp3) is 0.400. The maximum atomic E-state index is 13.2. The summed E-state index contributed by atoms with van der Waals surface area (Å²) < 4.78 is 37.1. The van der Waals surface area contributed by atoms with Crippen LogP contribution in [0.25, 0.3) is 0 Å². The molecule has 0 aromatic heterocycles. The minimum Gasteiger partial charge on any atom is -0.486 e. The molecule has 2 aromatic carbocycles. The van der Waals surface area contributed by atoms with Gasteiger partial charge in [-0.05, 0) is 78.4 Å². The van der Waals surface area contributed by atoms with Gasteiger partial charge in [-0.15, -0.1) is 0 Å². The number of hydrogen-bond donors (Lipinski definition) is 0. The molecule has 0 N–H and O–H groups in total. The molecule has 0 saturated heterocycles. The molecular formula is C25H30BrF2NO2. The molecule has 2 aromatic rings. The molecule has 0 bridgehead atoms. The summed E-state index contributed by atoms with van der Waals surface area (Å²) in [4.78, 5) is 4.53. The van der Waals surface area contributed by atoms with Gasteiger partial charge in [0.25, 0.3) is 0 Å². The number of benzene rings is 2. The van der Waals surface area contributed by atoms with Gasteiger partial charge >= 0.3 is 0 Å².